The second-order valence-corrected chi connectivity index (χ2v) is 5.23. The molecule has 1 rings (SSSR count). The molecule has 1 fully saturated rings. The van der Waals surface area contributed by atoms with Gasteiger partial charge in [0.2, 0.25) is 0 Å². The fourth-order valence-corrected chi connectivity index (χ4v) is 1.09. The number of ether oxygens (including phenoxy) is 1. The van der Waals surface area contributed by atoms with Crippen LogP contribution in [0.1, 0.15) is 41.5 Å². The van der Waals surface area contributed by atoms with Crippen molar-refractivity contribution in [2.75, 3.05) is 26.3 Å². The van der Waals surface area contributed by atoms with Crippen molar-refractivity contribution in [3.8, 4) is 0 Å². The fourth-order valence-electron chi connectivity index (χ4n) is 1.09. The zero-order valence-electron chi connectivity index (χ0n) is 11.4. The summed E-state index contributed by atoms with van der Waals surface area (Å²) in [5, 5.41) is 0. The van der Waals surface area contributed by atoms with Gasteiger partial charge in [-0.2, -0.15) is 0 Å². The molecule has 1 heterocycles. The van der Waals surface area contributed by atoms with E-state index in [9.17, 15) is 0 Å². The Hall–Kier alpha value is -0.0800. The van der Waals surface area contributed by atoms with Crippen molar-refractivity contribution in [1.29, 1.82) is 0 Å². The number of hydrogen-bond acceptors (Lipinski definition) is 2. The Morgan fingerprint density at radius 1 is 0.800 bits per heavy atom. The van der Waals surface area contributed by atoms with Crippen molar-refractivity contribution in [1.82, 2.24) is 4.90 Å². The Morgan fingerprint density at radius 2 is 1.20 bits per heavy atom. The van der Waals surface area contributed by atoms with Gasteiger partial charge in [0.1, 0.15) is 0 Å². The summed E-state index contributed by atoms with van der Waals surface area (Å²) in [6.45, 7) is 17.5. The minimum atomic E-state index is 0.689. The summed E-state index contributed by atoms with van der Waals surface area (Å²) in [5.74, 6) is 1.70. The summed E-state index contributed by atoms with van der Waals surface area (Å²) in [6.07, 6.45) is 0. The van der Waals surface area contributed by atoms with Crippen LogP contribution in [0, 0.1) is 11.8 Å². The summed E-state index contributed by atoms with van der Waals surface area (Å²) in [4.78, 5) is 2.43. The monoisotopic (exact) mass is 215 g/mol. The van der Waals surface area contributed by atoms with Crippen molar-refractivity contribution in [3.63, 3.8) is 0 Å². The van der Waals surface area contributed by atoms with E-state index in [1.54, 1.807) is 0 Å². The van der Waals surface area contributed by atoms with Crippen LogP contribution < -0.4 is 0 Å². The van der Waals surface area contributed by atoms with Crippen LogP contribution in [0.25, 0.3) is 0 Å². The van der Waals surface area contributed by atoms with Crippen LogP contribution in [0.2, 0.25) is 0 Å². The lowest BCUT2D eigenvalue weighted by molar-refractivity contribution is 0.0238. The Morgan fingerprint density at radius 3 is 1.40 bits per heavy atom. The third kappa shape index (κ3) is 7.80. The molecule has 0 unspecified atom stereocenters. The fraction of sp³-hybridized carbons (Fsp3) is 1.00. The highest BCUT2D eigenvalue weighted by Crippen LogP contribution is 2.05. The summed E-state index contributed by atoms with van der Waals surface area (Å²) >= 11 is 0. The molecule has 0 aromatic heterocycles. The molecule has 0 aliphatic carbocycles. The predicted molar refractivity (Wildman–Crippen MR) is 67.2 cm³/mol. The van der Waals surface area contributed by atoms with Gasteiger partial charge >= 0.3 is 0 Å². The molecule has 0 atom stereocenters. The smallest absolute Gasteiger partial charge is 0.0594 e. The Bertz CT molecular complexity index is 131. The van der Waals surface area contributed by atoms with E-state index in [0.29, 0.717) is 6.04 Å². The van der Waals surface area contributed by atoms with Gasteiger partial charge in [-0.05, 0) is 25.7 Å². The number of nitrogens with zero attached hydrogens (tertiary/aromatic N) is 1. The van der Waals surface area contributed by atoms with Crippen molar-refractivity contribution in [2.45, 2.75) is 47.6 Å². The van der Waals surface area contributed by atoms with E-state index >= 15 is 0 Å². The minimum Gasteiger partial charge on any atom is -0.379 e. The van der Waals surface area contributed by atoms with Crippen LogP contribution in [-0.4, -0.2) is 37.2 Å². The van der Waals surface area contributed by atoms with Gasteiger partial charge in [0.15, 0.2) is 0 Å². The molecule has 0 bridgehead atoms. The van der Waals surface area contributed by atoms with Crippen LogP contribution >= 0.6 is 0 Å². The highest BCUT2D eigenvalue weighted by Gasteiger charge is 2.11. The van der Waals surface area contributed by atoms with Crippen LogP contribution in [0.5, 0.6) is 0 Å². The molecule has 15 heavy (non-hydrogen) atoms. The highest BCUT2D eigenvalue weighted by molar-refractivity contribution is 4.64. The molecule has 0 spiro atoms. The summed E-state index contributed by atoms with van der Waals surface area (Å²) in [5.41, 5.74) is 0. The molecule has 92 valence electrons. The SMILES string of the molecule is CC(C)C(C)C.CC(C)N1CCOCC1. The molecule has 1 aliphatic heterocycles. The van der Waals surface area contributed by atoms with E-state index in [4.69, 9.17) is 4.74 Å². The molecule has 0 saturated carbocycles. The maximum atomic E-state index is 5.21. The summed E-state index contributed by atoms with van der Waals surface area (Å²) in [7, 11) is 0. The topological polar surface area (TPSA) is 12.5 Å². The average molecular weight is 215 g/mol. The zero-order chi connectivity index (χ0) is 11.8. The normalized spacial score (nSPS) is 18.2. The van der Waals surface area contributed by atoms with Crippen LogP contribution in [-0.2, 0) is 4.74 Å². The molecule has 2 heteroatoms. The van der Waals surface area contributed by atoms with Gasteiger partial charge < -0.3 is 4.74 Å². The maximum Gasteiger partial charge on any atom is 0.0594 e. The molecular formula is C13H29NO. The Balaban J connectivity index is 0.000000288. The Kier molecular flexibility index (Phi) is 8.07. The van der Waals surface area contributed by atoms with E-state index in [0.717, 1.165) is 38.1 Å². The number of rotatable bonds is 2. The second-order valence-electron chi connectivity index (χ2n) is 5.23. The number of morpholine rings is 1. The lowest BCUT2D eigenvalue weighted by Gasteiger charge is -2.29. The molecule has 0 radical (unpaired) electrons. The lowest BCUT2D eigenvalue weighted by atomic mass is 10.0. The minimum absolute atomic E-state index is 0.689. The van der Waals surface area contributed by atoms with E-state index in [-0.39, 0.29) is 0 Å². The van der Waals surface area contributed by atoms with Gasteiger partial charge in [0.25, 0.3) is 0 Å². The third-order valence-corrected chi connectivity index (χ3v) is 3.11. The molecule has 0 aromatic rings. The van der Waals surface area contributed by atoms with E-state index < -0.39 is 0 Å². The van der Waals surface area contributed by atoms with E-state index in [1.807, 2.05) is 0 Å². The molecule has 1 saturated heterocycles. The van der Waals surface area contributed by atoms with Gasteiger partial charge in [-0.3, -0.25) is 4.90 Å². The van der Waals surface area contributed by atoms with Gasteiger partial charge in [-0.15, -0.1) is 0 Å². The largest absolute Gasteiger partial charge is 0.379 e. The lowest BCUT2D eigenvalue weighted by Crippen LogP contribution is -2.40. The summed E-state index contributed by atoms with van der Waals surface area (Å²) < 4.78 is 5.21. The van der Waals surface area contributed by atoms with Crippen molar-refractivity contribution < 1.29 is 4.74 Å². The molecule has 2 nitrogen and oxygen atoms in total. The van der Waals surface area contributed by atoms with Crippen LogP contribution in [0.15, 0.2) is 0 Å². The number of hydrogen-bond donors (Lipinski definition) is 0. The highest BCUT2D eigenvalue weighted by atomic mass is 16.5. The summed E-state index contributed by atoms with van der Waals surface area (Å²) in [6, 6.07) is 0.689. The average Bonchev–Trinajstić information content (AvgIpc) is 2.20. The first-order valence-electron chi connectivity index (χ1n) is 6.27. The zero-order valence-corrected chi connectivity index (χ0v) is 11.4. The first-order valence-corrected chi connectivity index (χ1v) is 6.27. The molecule has 0 aromatic carbocycles. The molecule has 1 aliphatic rings. The first-order chi connectivity index (χ1) is 6.95. The maximum absolute atomic E-state index is 5.21. The Labute approximate surface area is 96.0 Å². The standard InChI is InChI=1S/C7H15NO.C6H14/c1-7(2)8-3-5-9-6-4-8;1-5(2)6(3)4/h7H,3-6H2,1-2H3;5-6H,1-4H3. The van der Waals surface area contributed by atoms with Gasteiger partial charge in [0.05, 0.1) is 13.2 Å². The molecule has 0 amide bonds. The van der Waals surface area contributed by atoms with Crippen LogP contribution in [0.4, 0.5) is 0 Å². The second kappa shape index (κ2) is 8.12. The van der Waals surface area contributed by atoms with Crippen molar-refractivity contribution in [3.05, 3.63) is 0 Å². The van der Waals surface area contributed by atoms with Crippen LogP contribution in [0.3, 0.4) is 0 Å². The molecular weight excluding hydrogens is 186 g/mol. The van der Waals surface area contributed by atoms with Gasteiger partial charge in [0, 0.05) is 19.1 Å². The van der Waals surface area contributed by atoms with Crippen molar-refractivity contribution in [2.24, 2.45) is 11.8 Å². The first kappa shape index (κ1) is 14.9. The quantitative estimate of drug-likeness (QED) is 0.702. The predicted octanol–water partition coefficient (Wildman–Crippen LogP) is 3.03. The van der Waals surface area contributed by atoms with E-state index in [2.05, 4.69) is 46.4 Å². The molecule has 0 N–H and O–H groups in total. The van der Waals surface area contributed by atoms with Gasteiger partial charge in [-0.1, -0.05) is 27.7 Å². The van der Waals surface area contributed by atoms with Gasteiger partial charge in [-0.25, -0.2) is 0 Å². The van der Waals surface area contributed by atoms with Crippen molar-refractivity contribution >= 4 is 0 Å². The van der Waals surface area contributed by atoms with E-state index in [1.165, 1.54) is 0 Å². The third-order valence-electron chi connectivity index (χ3n) is 3.11.